The summed E-state index contributed by atoms with van der Waals surface area (Å²) in [4.78, 5) is 47.6. The van der Waals surface area contributed by atoms with E-state index in [1.165, 1.54) is 27.5 Å². The van der Waals surface area contributed by atoms with Gasteiger partial charge in [0.2, 0.25) is 0 Å². The zero-order valence-corrected chi connectivity index (χ0v) is 76.6. The van der Waals surface area contributed by atoms with E-state index < -0.39 is 0 Å². The van der Waals surface area contributed by atoms with E-state index in [1.54, 1.807) is 0 Å². The van der Waals surface area contributed by atoms with E-state index in [2.05, 4.69) is 241 Å². The van der Waals surface area contributed by atoms with Crippen molar-refractivity contribution in [2.75, 3.05) is 0 Å². The SMILES string of the molecule is N#Cc1ccc2c(-c3ccc(-c4ccccc4)cc3)ccc(-c3ccc(-c4nc(-c5ccccc5)nc(-c5ccccc5)n4)cc3)c2c1.N#Cc1cccc(-c2ccc(-c3ccc(-c4ccc(-c5nc(-c6ccccc6)nc(-c6ccccc6)n5)cc4)c4ccccc34)cc2)c1.[C-]#[N+]c1ccc(-c2cc(-c3ccc(-c4ccc(C#N)cc4)cc3)cc(-c3nc(-c4ccccc4)nc(-c4ccccc4)n3)c2)cc1. The molecule has 0 radical (unpaired) electrons. The first kappa shape index (κ1) is 88.5. The second-order valence-corrected chi connectivity index (χ2v) is 33.9. The van der Waals surface area contributed by atoms with Crippen LogP contribution in [0.2, 0.25) is 0 Å². The summed E-state index contributed by atoms with van der Waals surface area (Å²) < 4.78 is 0. The Kier molecular flexibility index (Phi) is 25.6. The largest absolute Gasteiger partial charge is 0.238 e. The third kappa shape index (κ3) is 19.6. The molecule has 20 aromatic carbocycles. The van der Waals surface area contributed by atoms with Crippen molar-refractivity contribution >= 4 is 27.2 Å². The second-order valence-electron chi connectivity index (χ2n) is 33.9. The summed E-state index contributed by atoms with van der Waals surface area (Å²) in [5.41, 5.74) is 30.4. The predicted octanol–water partition coefficient (Wildman–Crippen LogP) is 32.1. The van der Waals surface area contributed by atoms with E-state index in [0.29, 0.717) is 74.8 Å². The maximum Gasteiger partial charge on any atom is 0.187 e. The highest BCUT2D eigenvalue weighted by Crippen LogP contribution is 2.43. The molecule has 3 heterocycles. The Morgan fingerprint density at radius 3 is 0.676 bits per heavy atom. The molecule has 3 aromatic heterocycles. The highest BCUT2D eigenvalue weighted by Gasteiger charge is 2.21. The fourth-order valence-electron chi connectivity index (χ4n) is 17.6. The third-order valence-electron chi connectivity index (χ3n) is 25.0. The lowest BCUT2D eigenvalue weighted by Crippen LogP contribution is -2.00. The van der Waals surface area contributed by atoms with Crippen molar-refractivity contribution < 1.29 is 0 Å². The van der Waals surface area contributed by atoms with E-state index in [0.717, 1.165) is 144 Å². The van der Waals surface area contributed by atoms with Crippen LogP contribution >= 0.6 is 0 Å². The first-order valence-corrected chi connectivity index (χ1v) is 46.5. The molecule has 23 rings (SSSR count). The molecule has 662 valence electrons. The van der Waals surface area contributed by atoms with Gasteiger partial charge in [-0.25, -0.2) is 49.7 Å². The molecule has 0 aliphatic heterocycles. The van der Waals surface area contributed by atoms with Gasteiger partial charge in [-0.2, -0.15) is 15.8 Å². The predicted molar refractivity (Wildman–Crippen MR) is 573 cm³/mol. The van der Waals surface area contributed by atoms with E-state index in [4.69, 9.17) is 56.7 Å². The minimum atomic E-state index is 0.572. The van der Waals surface area contributed by atoms with Crippen molar-refractivity contribution in [1.29, 1.82) is 15.8 Å². The number of hydrogen-bond donors (Lipinski definition) is 0. The van der Waals surface area contributed by atoms with Gasteiger partial charge in [0.1, 0.15) is 0 Å². The van der Waals surface area contributed by atoms with Gasteiger partial charge in [0.05, 0.1) is 41.5 Å². The number of hydrogen-bond acceptors (Lipinski definition) is 12. The van der Waals surface area contributed by atoms with Crippen molar-refractivity contribution in [3.63, 3.8) is 0 Å². The van der Waals surface area contributed by atoms with E-state index in [-0.39, 0.29) is 0 Å². The van der Waals surface area contributed by atoms with Gasteiger partial charge in [-0.05, 0) is 176 Å². The van der Waals surface area contributed by atoms with Crippen LogP contribution in [0.3, 0.4) is 0 Å². The number of benzene rings is 20. The molecule has 0 bridgehead atoms. The van der Waals surface area contributed by atoms with Crippen LogP contribution in [-0.4, -0.2) is 44.9 Å². The van der Waals surface area contributed by atoms with Crippen LogP contribution in [0.15, 0.2) is 491 Å². The number of fused-ring (bicyclic) bond motifs is 2. The highest BCUT2D eigenvalue weighted by atomic mass is 15.1. The number of aromatic nitrogens is 9. The average Bonchev–Trinajstić information content (AvgIpc) is 0.721. The molecule has 0 fully saturated rings. The molecule has 13 heteroatoms. The van der Waals surface area contributed by atoms with E-state index >= 15 is 0 Å². The maximum atomic E-state index is 9.79. The van der Waals surface area contributed by atoms with Gasteiger partial charge >= 0.3 is 0 Å². The maximum absolute atomic E-state index is 9.79. The topological polar surface area (TPSA) is 192 Å². The Hall–Kier alpha value is -20.1. The molecular formula is C129H81N13. The normalized spacial score (nSPS) is 10.8. The lowest BCUT2D eigenvalue weighted by molar-refractivity contribution is 1.07. The molecule has 23 aromatic rings. The second kappa shape index (κ2) is 41.0. The monoisotopic (exact) mass is 1810 g/mol. The van der Waals surface area contributed by atoms with Crippen LogP contribution < -0.4 is 0 Å². The fourth-order valence-corrected chi connectivity index (χ4v) is 17.6. The molecule has 0 N–H and O–H groups in total. The van der Waals surface area contributed by atoms with Crippen molar-refractivity contribution in [2.45, 2.75) is 0 Å². The van der Waals surface area contributed by atoms with Gasteiger partial charge in [-0.1, -0.05) is 437 Å². The minimum absolute atomic E-state index is 0.572. The van der Waals surface area contributed by atoms with Gasteiger partial charge in [0.25, 0.3) is 0 Å². The smallest absolute Gasteiger partial charge is 0.187 e. The quantitative estimate of drug-likeness (QED) is 0.0740. The molecule has 0 atom stereocenters. The average molecular weight is 1810 g/mol. The molecule has 0 spiro atoms. The van der Waals surface area contributed by atoms with Gasteiger partial charge in [0, 0.05) is 50.1 Å². The lowest BCUT2D eigenvalue weighted by atomic mass is 9.90. The van der Waals surface area contributed by atoms with Crippen LogP contribution in [0.5, 0.6) is 0 Å². The minimum Gasteiger partial charge on any atom is -0.238 e. The molecule has 0 saturated heterocycles. The molecule has 13 nitrogen and oxygen atoms in total. The highest BCUT2D eigenvalue weighted by molar-refractivity contribution is 6.07. The Balaban J connectivity index is 0.000000126. The summed E-state index contributed by atoms with van der Waals surface area (Å²) in [5, 5.41) is 32.8. The molecule has 0 unspecified atom stereocenters. The first-order valence-electron chi connectivity index (χ1n) is 46.5. The van der Waals surface area contributed by atoms with Crippen molar-refractivity contribution in [2.24, 2.45) is 0 Å². The standard InChI is InChI=1S/2C44H28N4.C41H25N5/c45-29-30-16-25-40-38(33-19-17-32(18-20-33)31-10-4-1-5-11-31)26-27-39(41(40)28-30)34-21-23-37(24-22-34)44-47-42(35-12-6-2-7-13-35)46-43(48-44)36-14-8-3-9-15-36;45-29-30-10-9-15-37(28-30)31-18-20-32(21-19-31)38-26-27-39(41-17-8-7-16-40(38)41)33-22-24-36(25-23-33)44-47-42(34-11-3-1-4-12-34)46-43(48-44)35-13-5-2-6-14-35;1-43-38-22-20-32(21-23-38)36-24-35(31-18-16-30(17-19-31)29-14-12-28(27-42)13-15-29)25-37(26-36)41-45-39(33-8-4-2-5-9-33)44-40(46-41)34-10-6-3-7-11-34/h2*1-28H;2-26H. The van der Waals surface area contributed by atoms with Crippen molar-refractivity contribution in [3.05, 3.63) is 519 Å². The summed E-state index contributed by atoms with van der Waals surface area (Å²) in [6, 6.07) is 172. The fraction of sp³-hybridized carbons (Fsp3) is 0. The molecular weight excluding hydrogens is 1730 g/mol. The van der Waals surface area contributed by atoms with Gasteiger partial charge in [-0.15, -0.1) is 0 Å². The molecule has 0 aliphatic rings. The zero-order valence-electron chi connectivity index (χ0n) is 76.6. The van der Waals surface area contributed by atoms with Gasteiger partial charge in [-0.3, -0.25) is 0 Å². The van der Waals surface area contributed by atoms with Crippen LogP contribution in [-0.2, 0) is 0 Å². The molecule has 0 aliphatic carbocycles. The van der Waals surface area contributed by atoms with Crippen molar-refractivity contribution in [3.8, 4) is 221 Å². The van der Waals surface area contributed by atoms with Crippen molar-refractivity contribution in [1.82, 2.24) is 44.9 Å². The number of nitrogens with zero attached hydrogens (tertiary/aromatic N) is 13. The van der Waals surface area contributed by atoms with E-state index in [9.17, 15) is 10.5 Å². The Morgan fingerprint density at radius 2 is 0.359 bits per heavy atom. The molecule has 0 amide bonds. The van der Waals surface area contributed by atoms with Gasteiger partial charge in [0.15, 0.2) is 58.1 Å². The summed E-state index contributed by atoms with van der Waals surface area (Å²) in [6.45, 7) is 7.38. The van der Waals surface area contributed by atoms with Crippen LogP contribution in [0.1, 0.15) is 16.7 Å². The number of nitriles is 3. The summed E-state index contributed by atoms with van der Waals surface area (Å²) >= 11 is 0. The summed E-state index contributed by atoms with van der Waals surface area (Å²) in [5.74, 6) is 5.58. The zero-order chi connectivity index (χ0) is 95.9. The van der Waals surface area contributed by atoms with Crippen LogP contribution in [0.4, 0.5) is 5.69 Å². The summed E-state index contributed by atoms with van der Waals surface area (Å²) in [6.07, 6.45) is 0. The third-order valence-corrected chi connectivity index (χ3v) is 25.0. The Bertz CT molecular complexity index is 8530. The first-order chi connectivity index (χ1) is 70.1. The molecule has 142 heavy (non-hydrogen) atoms. The van der Waals surface area contributed by atoms with Crippen LogP contribution in [0, 0.1) is 40.6 Å². The molecule has 0 saturated carbocycles. The number of rotatable bonds is 18. The summed E-state index contributed by atoms with van der Waals surface area (Å²) in [7, 11) is 0. The Labute approximate surface area is 822 Å². The lowest BCUT2D eigenvalue weighted by Gasteiger charge is -2.14. The van der Waals surface area contributed by atoms with Gasteiger partial charge < -0.3 is 0 Å². The van der Waals surface area contributed by atoms with Crippen LogP contribution in [0.25, 0.3) is 229 Å². The van der Waals surface area contributed by atoms with E-state index in [1.807, 2.05) is 273 Å². The Morgan fingerprint density at radius 1 is 0.148 bits per heavy atom.